The molecule has 1 saturated heterocycles. The van der Waals surface area contributed by atoms with E-state index in [0.29, 0.717) is 24.2 Å². The van der Waals surface area contributed by atoms with Crippen LogP contribution in [-0.4, -0.2) is 39.8 Å². The molecule has 104 valence electrons. The van der Waals surface area contributed by atoms with E-state index in [1.165, 1.54) is 12.1 Å². The molecule has 0 aromatic heterocycles. The Labute approximate surface area is 111 Å². The minimum Gasteiger partial charge on any atom is -0.508 e. The summed E-state index contributed by atoms with van der Waals surface area (Å²) < 4.78 is 0. The minimum absolute atomic E-state index is 0.0513. The Balaban J connectivity index is 2.13. The number of carbonyl (C=O) groups is 1. The summed E-state index contributed by atoms with van der Waals surface area (Å²) in [6, 6.07) is 3.41. The largest absolute Gasteiger partial charge is 0.508 e. The molecule has 0 spiro atoms. The third kappa shape index (κ3) is 3.04. The van der Waals surface area contributed by atoms with Crippen LogP contribution in [0.4, 0.5) is 5.69 Å². The van der Waals surface area contributed by atoms with Gasteiger partial charge in [0.05, 0.1) is 0 Å². The van der Waals surface area contributed by atoms with Crippen molar-refractivity contribution in [2.45, 2.75) is 31.3 Å². The van der Waals surface area contributed by atoms with Gasteiger partial charge in [0.1, 0.15) is 11.8 Å². The molecule has 0 saturated carbocycles. The molecule has 6 N–H and O–H groups in total. The van der Waals surface area contributed by atoms with Gasteiger partial charge < -0.3 is 21.8 Å². The molecule has 2 unspecified atom stereocenters. The second-order valence-corrected chi connectivity index (χ2v) is 4.94. The van der Waals surface area contributed by atoms with Crippen LogP contribution in [0.3, 0.4) is 0 Å². The highest BCUT2D eigenvalue weighted by Gasteiger charge is 2.33. The summed E-state index contributed by atoms with van der Waals surface area (Å²) in [7, 11) is 0. The van der Waals surface area contributed by atoms with Crippen LogP contribution in [0, 0.1) is 0 Å². The van der Waals surface area contributed by atoms with Crippen molar-refractivity contribution in [2.24, 2.45) is 5.73 Å². The molecule has 1 fully saturated rings. The maximum absolute atomic E-state index is 12.2. The van der Waals surface area contributed by atoms with Crippen molar-refractivity contribution in [3.05, 3.63) is 23.8 Å². The van der Waals surface area contributed by atoms with Gasteiger partial charge in [-0.05, 0) is 36.6 Å². The van der Waals surface area contributed by atoms with Gasteiger partial charge in [-0.3, -0.25) is 4.79 Å². The number of ketones is 1. The molecule has 2 rings (SSSR count). The van der Waals surface area contributed by atoms with Crippen molar-refractivity contribution < 1.29 is 15.1 Å². The highest BCUT2D eigenvalue weighted by Crippen LogP contribution is 2.22. The van der Waals surface area contributed by atoms with Crippen LogP contribution >= 0.6 is 0 Å². The van der Waals surface area contributed by atoms with Crippen molar-refractivity contribution in [2.75, 3.05) is 12.3 Å². The number of nitrogen functional groups attached to an aromatic ring is 1. The van der Waals surface area contributed by atoms with Crippen LogP contribution < -0.4 is 11.5 Å². The lowest BCUT2D eigenvalue weighted by molar-refractivity contribution is -0.163. The summed E-state index contributed by atoms with van der Waals surface area (Å²) in [5.74, 6) is -0.127. The number of phenolic OH excluding ortho intramolecular Hbond substituents is 1. The molecule has 6 nitrogen and oxygen atoms in total. The minimum atomic E-state index is -0.699. The van der Waals surface area contributed by atoms with E-state index in [9.17, 15) is 15.1 Å². The predicted octanol–water partition coefficient (Wildman–Crippen LogP) is 0.267. The van der Waals surface area contributed by atoms with Gasteiger partial charge in [-0.15, -0.1) is 0 Å². The van der Waals surface area contributed by atoms with Gasteiger partial charge in [0.25, 0.3) is 0 Å². The number of hydroxylamine groups is 2. The molecule has 0 aliphatic carbocycles. The van der Waals surface area contributed by atoms with Crippen LogP contribution in [0.15, 0.2) is 18.2 Å². The van der Waals surface area contributed by atoms with Crippen LogP contribution in [0.5, 0.6) is 5.75 Å². The summed E-state index contributed by atoms with van der Waals surface area (Å²) in [6.45, 7) is 0.444. The quantitative estimate of drug-likeness (QED) is 0.461. The summed E-state index contributed by atoms with van der Waals surface area (Å²) in [6.07, 6.45) is 1.54. The monoisotopic (exact) mass is 265 g/mol. The Morgan fingerprint density at radius 3 is 2.89 bits per heavy atom. The summed E-state index contributed by atoms with van der Waals surface area (Å²) in [4.78, 5) is 12.2. The standard InChI is InChI=1S/C13H19N3O3/c14-10-4-3-9(17)6-8(10)7-12(18)13-11(15)2-1-5-16(13)19/h3-4,6,11,13,17,19H,1-2,5,7,14-15H2. The Hall–Kier alpha value is -1.63. The predicted molar refractivity (Wildman–Crippen MR) is 70.7 cm³/mol. The molecular formula is C13H19N3O3. The van der Waals surface area contributed by atoms with E-state index < -0.39 is 6.04 Å². The maximum atomic E-state index is 12.2. The first kappa shape index (κ1) is 13.8. The molecule has 6 heteroatoms. The normalized spacial score (nSPS) is 24.3. The first-order valence-electron chi connectivity index (χ1n) is 6.30. The molecule has 1 heterocycles. The fourth-order valence-corrected chi connectivity index (χ4v) is 2.45. The smallest absolute Gasteiger partial charge is 0.158 e. The average molecular weight is 265 g/mol. The number of Topliss-reactive ketones (excluding diaryl/α,β-unsaturated/α-hetero) is 1. The average Bonchev–Trinajstić information content (AvgIpc) is 2.33. The summed E-state index contributed by atoms with van der Waals surface area (Å²) >= 11 is 0. The van der Waals surface area contributed by atoms with Gasteiger partial charge in [0.15, 0.2) is 5.78 Å². The van der Waals surface area contributed by atoms with Crippen molar-refractivity contribution in [3.8, 4) is 5.75 Å². The molecule has 0 amide bonds. The summed E-state index contributed by atoms with van der Waals surface area (Å²) in [5, 5.41) is 20.2. The molecule has 19 heavy (non-hydrogen) atoms. The number of nitrogens with zero attached hydrogens (tertiary/aromatic N) is 1. The lowest BCUT2D eigenvalue weighted by Gasteiger charge is -2.34. The van der Waals surface area contributed by atoms with E-state index >= 15 is 0 Å². The first-order valence-corrected chi connectivity index (χ1v) is 6.30. The fraction of sp³-hybridized carbons (Fsp3) is 0.462. The Morgan fingerprint density at radius 1 is 1.47 bits per heavy atom. The van der Waals surface area contributed by atoms with E-state index in [4.69, 9.17) is 11.5 Å². The van der Waals surface area contributed by atoms with E-state index in [1.807, 2.05) is 0 Å². The molecule has 1 aromatic carbocycles. The number of phenols is 1. The van der Waals surface area contributed by atoms with Gasteiger partial charge in [-0.25, -0.2) is 0 Å². The molecule has 0 radical (unpaired) electrons. The highest BCUT2D eigenvalue weighted by molar-refractivity contribution is 5.88. The number of anilines is 1. The summed E-state index contributed by atoms with van der Waals surface area (Å²) in [5.41, 5.74) is 12.7. The fourth-order valence-electron chi connectivity index (χ4n) is 2.45. The second-order valence-electron chi connectivity index (χ2n) is 4.94. The number of hydrogen-bond donors (Lipinski definition) is 4. The number of carbonyl (C=O) groups excluding carboxylic acids is 1. The lowest BCUT2D eigenvalue weighted by Crippen LogP contribution is -2.55. The second kappa shape index (κ2) is 5.56. The molecule has 0 bridgehead atoms. The number of piperidine rings is 1. The van der Waals surface area contributed by atoms with E-state index in [0.717, 1.165) is 11.5 Å². The Kier molecular flexibility index (Phi) is 4.04. The Morgan fingerprint density at radius 2 is 2.21 bits per heavy atom. The van der Waals surface area contributed by atoms with Gasteiger partial charge >= 0.3 is 0 Å². The van der Waals surface area contributed by atoms with E-state index in [1.54, 1.807) is 6.07 Å². The SMILES string of the molecule is Nc1ccc(O)cc1CC(=O)C1C(N)CCCN1O. The maximum Gasteiger partial charge on any atom is 0.158 e. The van der Waals surface area contributed by atoms with Crippen molar-refractivity contribution >= 4 is 11.5 Å². The van der Waals surface area contributed by atoms with Gasteiger partial charge in [0, 0.05) is 24.7 Å². The lowest BCUT2D eigenvalue weighted by atomic mass is 9.92. The number of benzene rings is 1. The highest BCUT2D eigenvalue weighted by atomic mass is 16.5. The van der Waals surface area contributed by atoms with Gasteiger partial charge in [-0.1, -0.05) is 0 Å². The topological polar surface area (TPSA) is 113 Å². The zero-order valence-electron chi connectivity index (χ0n) is 10.6. The van der Waals surface area contributed by atoms with Gasteiger partial charge in [-0.2, -0.15) is 5.06 Å². The van der Waals surface area contributed by atoms with Crippen LogP contribution in [0.25, 0.3) is 0 Å². The van der Waals surface area contributed by atoms with Crippen LogP contribution in [0.2, 0.25) is 0 Å². The van der Waals surface area contributed by atoms with Crippen molar-refractivity contribution in [3.63, 3.8) is 0 Å². The van der Waals surface area contributed by atoms with E-state index in [-0.39, 0.29) is 24.0 Å². The number of rotatable bonds is 3. The van der Waals surface area contributed by atoms with Gasteiger partial charge in [0.2, 0.25) is 0 Å². The molecule has 1 aliphatic rings. The third-order valence-corrected chi connectivity index (χ3v) is 3.47. The number of hydrogen-bond acceptors (Lipinski definition) is 6. The Bertz CT molecular complexity index is 468. The third-order valence-electron chi connectivity index (χ3n) is 3.47. The van der Waals surface area contributed by atoms with E-state index in [2.05, 4.69) is 0 Å². The van der Waals surface area contributed by atoms with Crippen molar-refractivity contribution in [1.29, 1.82) is 0 Å². The van der Waals surface area contributed by atoms with Crippen molar-refractivity contribution in [1.82, 2.24) is 5.06 Å². The molecule has 1 aromatic rings. The van der Waals surface area contributed by atoms with Crippen LogP contribution in [-0.2, 0) is 11.2 Å². The first-order chi connectivity index (χ1) is 8.99. The molecule has 2 atom stereocenters. The molecule has 1 aliphatic heterocycles. The number of aromatic hydroxyl groups is 1. The zero-order valence-corrected chi connectivity index (χ0v) is 10.6. The number of nitrogens with two attached hydrogens (primary N) is 2. The zero-order chi connectivity index (χ0) is 14.0. The molecular weight excluding hydrogens is 246 g/mol. The van der Waals surface area contributed by atoms with Crippen LogP contribution in [0.1, 0.15) is 18.4 Å².